The first kappa shape index (κ1) is 16.9. The minimum atomic E-state index is -0.689. The number of nitrogens with zero attached hydrogens (tertiary/aromatic N) is 1. The van der Waals surface area contributed by atoms with E-state index in [9.17, 15) is 9.59 Å². The van der Waals surface area contributed by atoms with Gasteiger partial charge in [0.05, 0.1) is 0 Å². The monoisotopic (exact) mass is 292 g/mol. The van der Waals surface area contributed by atoms with Crippen LogP contribution in [0.2, 0.25) is 0 Å². The van der Waals surface area contributed by atoms with Gasteiger partial charge in [0.2, 0.25) is 5.91 Å². The molecule has 0 aliphatic heterocycles. The molecule has 0 bridgehead atoms. The third kappa shape index (κ3) is 4.44. The zero-order valence-corrected chi connectivity index (χ0v) is 13.2. The third-order valence-electron chi connectivity index (χ3n) is 3.21. The molecule has 1 atom stereocenters. The van der Waals surface area contributed by atoms with Gasteiger partial charge in [-0.2, -0.15) is 0 Å². The van der Waals surface area contributed by atoms with E-state index in [4.69, 9.17) is 5.73 Å². The normalized spacial score (nSPS) is 12.3. The van der Waals surface area contributed by atoms with E-state index in [1.54, 1.807) is 19.2 Å². The summed E-state index contributed by atoms with van der Waals surface area (Å²) in [4.78, 5) is 28.1. The molecule has 1 aromatic rings. The largest absolute Gasteiger partial charge is 0.373 e. The molecule has 1 rings (SSSR count). The highest BCUT2D eigenvalue weighted by Crippen LogP contribution is 2.17. The number of primary amides is 1. The standard InChI is InChI=1S/C15H24N4O2/c1-8(2)11-6-10(7-12(17-5)18-11)15(21)19-13(9(3)4)14(16)20/h6-9,13H,1-5H3,(H2,16,20)(H,17,18)(H,19,21). The van der Waals surface area contributed by atoms with Crippen LogP contribution in [0.3, 0.4) is 0 Å². The minimum absolute atomic E-state index is 0.0679. The first-order valence-corrected chi connectivity index (χ1v) is 7.06. The van der Waals surface area contributed by atoms with Crippen LogP contribution in [0.25, 0.3) is 0 Å². The summed E-state index contributed by atoms with van der Waals surface area (Å²) in [7, 11) is 1.74. The lowest BCUT2D eigenvalue weighted by atomic mass is 10.0. The maximum Gasteiger partial charge on any atom is 0.252 e. The van der Waals surface area contributed by atoms with Crippen LogP contribution < -0.4 is 16.4 Å². The van der Waals surface area contributed by atoms with Crippen LogP contribution in [0.1, 0.15) is 49.7 Å². The maximum absolute atomic E-state index is 12.3. The molecule has 4 N–H and O–H groups in total. The maximum atomic E-state index is 12.3. The van der Waals surface area contributed by atoms with Crippen molar-refractivity contribution in [3.63, 3.8) is 0 Å². The average molecular weight is 292 g/mol. The van der Waals surface area contributed by atoms with Gasteiger partial charge in [-0.25, -0.2) is 4.98 Å². The average Bonchev–Trinajstić information content (AvgIpc) is 2.42. The van der Waals surface area contributed by atoms with Crippen LogP contribution in [0.15, 0.2) is 12.1 Å². The summed E-state index contributed by atoms with van der Waals surface area (Å²) in [5, 5.41) is 5.61. The molecule has 1 heterocycles. The fourth-order valence-electron chi connectivity index (χ4n) is 1.90. The number of aromatic nitrogens is 1. The molecule has 0 saturated carbocycles. The summed E-state index contributed by atoms with van der Waals surface area (Å²) in [6, 6.07) is 2.70. The highest BCUT2D eigenvalue weighted by molar-refractivity contribution is 5.98. The predicted molar refractivity (Wildman–Crippen MR) is 83.2 cm³/mol. The molecule has 116 valence electrons. The molecular formula is C15H24N4O2. The van der Waals surface area contributed by atoms with Crippen LogP contribution in [-0.4, -0.2) is 29.9 Å². The molecule has 0 aliphatic rings. The molecule has 0 spiro atoms. The smallest absolute Gasteiger partial charge is 0.252 e. The molecule has 0 aromatic carbocycles. The Labute approximate surface area is 125 Å². The zero-order valence-electron chi connectivity index (χ0n) is 13.2. The van der Waals surface area contributed by atoms with Crippen LogP contribution in [0, 0.1) is 5.92 Å². The second-order valence-electron chi connectivity index (χ2n) is 5.67. The van der Waals surface area contributed by atoms with Crippen LogP contribution in [-0.2, 0) is 4.79 Å². The number of rotatable bonds is 6. The van der Waals surface area contributed by atoms with Crippen molar-refractivity contribution in [3.05, 3.63) is 23.4 Å². The first-order chi connectivity index (χ1) is 9.76. The minimum Gasteiger partial charge on any atom is -0.373 e. The van der Waals surface area contributed by atoms with Crippen molar-refractivity contribution in [2.45, 2.75) is 39.7 Å². The van der Waals surface area contributed by atoms with Gasteiger partial charge in [0.1, 0.15) is 11.9 Å². The lowest BCUT2D eigenvalue weighted by molar-refractivity contribution is -0.120. The van der Waals surface area contributed by atoms with Gasteiger partial charge in [0.25, 0.3) is 5.91 Å². The summed E-state index contributed by atoms with van der Waals surface area (Å²) in [5.41, 5.74) is 6.59. The van der Waals surface area contributed by atoms with Crippen molar-refractivity contribution in [1.29, 1.82) is 0 Å². The summed E-state index contributed by atoms with van der Waals surface area (Å²) < 4.78 is 0. The van der Waals surface area contributed by atoms with E-state index in [1.165, 1.54) is 0 Å². The Hall–Kier alpha value is -2.11. The summed E-state index contributed by atoms with van der Waals surface area (Å²) >= 11 is 0. The Morgan fingerprint density at radius 2 is 1.81 bits per heavy atom. The molecule has 0 saturated heterocycles. The van der Waals surface area contributed by atoms with Crippen molar-refractivity contribution < 1.29 is 9.59 Å². The van der Waals surface area contributed by atoms with Gasteiger partial charge in [-0.3, -0.25) is 9.59 Å². The number of carbonyl (C=O) groups excluding carboxylic acids is 2. The molecule has 1 unspecified atom stereocenters. The van der Waals surface area contributed by atoms with Gasteiger partial charge < -0.3 is 16.4 Å². The molecule has 2 amide bonds. The van der Waals surface area contributed by atoms with Gasteiger partial charge in [-0.15, -0.1) is 0 Å². The molecule has 0 aliphatic carbocycles. The van der Waals surface area contributed by atoms with E-state index >= 15 is 0 Å². The number of carbonyl (C=O) groups is 2. The van der Waals surface area contributed by atoms with Gasteiger partial charge in [0.15, 0.2) is 0 Å². The van der Waals surface area contributed by atoms with Crippen molar-refractivity contribution in [2.75, 3.05) is 12.4 Å². The number of hydrogen-bond donors (Lipinski definition) is 3. The van der Waals surface area contributed by atoms with E-state index in [0.717, 1.165) is 5.69 Å². The Kier molecular flexibility index (Phi) is 5.69. The Balaban J connectivity index is 3.06. The number of amides is 2. The van der Waals surface area contributed by atoms with Gasteiger partial charge in [-0.05, 0) is 24.0 Å². The second-order valence-corrected chi connectivity index (χ2v) is 5.67. The van der Waals surface area contributed by atoms with E-state index in [1.807, 2.05) is 27.7 Å². The molecule has 21 heavy (non-hydrogen) atoms. The topological polar surface area (TPSA) is 97.1 Å². The fraction of sp³-hybridized carbons (Fsp3) is 0.533. The number of hydrogen-bond acceptors (Lipinski definition) is 4. The SMILES string of the molecule is CNc1cc(C(=O)NC(C(N)=O)C(C)C)cc(C(C)C)n1. The quantitative estimate of drug-likeness (QED) is 0.740. The van der Waals surface area contributed by atoms with E-state index in [0.29, 0.717) is 11.4 Å². The van der Waals surface area contributed by atoms with Gasteiger partial charge in [0, 0.05) is 18.3 Å². The van der Waals surface area contributed by atoms with Crippen molar-refractivity contribution in [2.24, 2.45) is 11.7 Å². The molecule has 1 aromatic heterocycles. The Bertz CT molecular complexity index is 526. The number of nitrogens with one attached hydrogen (secondary N) is 2. The van der Waals surface area contributed by atoms with Crippen LogP contribution in [0.5, 0.6) is 0 Å². The summed E-state index contributed by atoms with van der Waals surface area (Å²) in [6.45, 7) is 7.68. The molecule has 6 heteroatoms. The highest BCUT2D eigenvalue weighted by Gasteiger charge is 2.23. The lowest BCUT2D eigenvalue weighted by Crippen LogP contribution is -2.47. The van der Waals surface area contributed by atoms with Crippen LogP contribution in [0.4, 0.5) is 5.82 Å². The third-order valence-corrected chi connectivity index (χ3v) is 3.21. The van der Waals surface area contributed by atoms with Gasteiger partial charge in [-0.1, -0.05) is 27.7 Å². The van der Waals surface area contributed by atoms with Crippen molar-refractivity contribution in [3.8, 4) is 0 Å². The van der Waals surface area contributed by atoms with E-state index in [-0.39, 0.29) is 17.7 Å². The summed E-state index contributed by atoms with van der Waals surface area (Å²) in [5.74, 6) is -0.117. The summed E-state index contributed by atoms with van der Waals surface area (Å²) in [6.07, 6.45) is 0. The molecule has 6 nitrogen and oxygen atoms in total. The number of nitrogens with two attached hydrogens (primary N) is 1. The number of anilines is 1. The first-order valence-electron chi connectivity index (χ1n) is 7.06. The van der Waals surface area contributed by atoms with E-state index in [2.05, 4.69) is 15.6 Å². The Morgan fingerprint density at radius 1 is 1.19 bits per heavy atom. The highest BCUT2D eigenvalue weighted by atomic mass is 16.2. The second kappa shape index (κ2) is 7.06. The van der Waals surface area contributed by atoms with Crippen LogP contribution >= 0.6 is 0 Å². The Morgan fingerprint density at radius 3 is 2.24 bits per heavy atom. The zero-order chi connectivity index (χ0) is 16.2. The lowest BCUT2D eigenvalue weighted by Gasteiger charge is -2.19. The number of pyridine rings is 1. The fourth-order valence-corrected chi connectivity index (χ4v) is 1.90. The van der Waals surface area contributed by atoms with Crippen molar-refractivity contribution in [1.82, 2.24) is 10.3 Å². The van der Waals surface area contributed by atoms with E-state index < -0.39 is 11.9 Å². The predicted octanol–water partition coefficient (Wildman–Crippen LogP) is 1.49. The molecule has 0 radical (unpaired) electrons. The van der Waals surface area contributed by atoms with Crippen molar-refractivity contribution >= 4 is 17.6 Å². The molecular weight excluding hydrogens is 268 g/mol. The van der Waals surface area contributed by atoms with Gasteiger partial charge >= 0.3 is 0 Å². The molecule has 0 fully saturated rings.